The van der Waals surface area contributed by atoms with Crippen LogP contribution in [0.3, 0.4) is 0 Å². The number of thiazole rings is 1. The first kappa shape index (κ1) is 14.4. The Morgan fingerprint density at radius 2 is 2.37 bits per heavy atom. The molecule has 0 aliphatic rings. The van der Waals surface area contributed by atoms with Gasteiger partial charge in [-0.1, -0.05) is 17.7 Å². The minimum Gasteiger partial charge on any atom is -0.383 e. The summed E-state index contributed by atoms with van der Waals surface area (Å²) in [6.45, 7) is 1.12. The van der Waals surface area contributed by atoms with E-state index in [-0.39, 0.29) is 11.9 Å². The second-order valence-corrected chi connectivity index (χ2v) is 5.22. The summed E-state index contributed by atoms with van der Waals surface area (Å²) in [4.78, 5) is 4.24. The summed E-state index contributed by atoms with van der Waals surface area (Å²) >= 11 is 7.58. The van der Waals surface area contributed by atoms with E-state index in [0.717, 1.165) is 5.01 Å². The van der Waals surface area contributed by atoms with Gasteiger partial charge in [0.2, 0.25) is 0 Å². The first-order valence-electron chi connectivity index (χ1n) is 5.79. The average molecular weight is 301 g/mol. The fraction of sp³-hybridized carbons (Fsp3) is 0.308. The Kier molecular flexibility index (Phi) is 5.27. The molecular weight excluding hydrogens is 287 g/mol. The number of aromatic nitrogens is 1. The molecular formula is C13H14ClFN2OS. The standard InChI is InChI=1S/C13H14ClFN2OS/c1-18-7-5-16-12(13-17-6-8-19-13)11-9(14)3-2-4-10(11)15/h2-4,6,8,12,16H,5,7H2,1H3. The molecule has 0 amide bonds. The summed E-state index contributed by atoms with van der Waals surface area (Å²) in [6, 6.07) is 4.32. The van der Waals surface area contributed by atoms with E-state index >= 15 is 0 Å². The molecule has 19 heavy (non-hydrogen) atoms. The van der Waals surface area contributed by atoms with E-state index in [1.807, 2.05) is 5.38 Å². The Morgan fingerprint density at radius 3 is 3.00 bits per heavy atom. The van der Waals surface area contributed by atoms with Gasteiger partial charge in [0.25, 0.3) is 0 Å². The number of nitrogens with one attached hydrogen (secondary N) is 1. The second-order valence-electron chi connectivity index (χ2n) is 3.89. The molecule has 0 aliphatic carbocycles. The molecule has 2 aromatic rings. The van der Waals surface area contributed by atoms with Crippen LogP contribution >= 0.6 is 22.9 Å². The molecule has 0 bridgehead atoms. The van der Waals surface area contributed by atoms with Crippen LogP contribution in [0.1, 0.15) is 16.6 Å². The predicted molar refractivity (Wildman–Crippen MR) is 75.2 cm³/mol. The molecule has 0 saturated heterocycles. The highest BCUT2D eigenvalue weighted by atomic mass is 35.5. The molecule has 102 valence electrons. The van der Waals surface area contributed by atoms with Crippen LogP contribution in [0.25, 0.3) is 0 Å². The van der Waals surface area contributed by atoms with Gasteiger partial charge in [-0.2, -0.15) is 0 Å². The topological polar surface area (TPSA) is 34.1 Å². The number of nitrogens with zero attached hydrogens (tertiary/aromatic N) is 1. The first-order chi connectivity index (χ1) is 9.24. The molecule has 1 atom stereocenters. The van der Waals surface area contributed by atoms with Crippen LogP contribution in [0, 0.1) is 5.82 Å². The highest BCUT2D eigenvalue weighted by molar-refractivity contribution is 7.09. The molecule has 0 spiro atoms. The summed E-state index contributed by atoms with van der Waals surface area (Å²) in [5, 5.41) is 6.25. The first-order valence-corrected chi connectivity index (χ1v) is 7.05. The highest BCUT2D eigenvalue weighted by Crippen LogP contribution is 2.31. The number of hydrogen-bond acceptors (Lipinski definition) is 4. The maximum Gasteiger partial charge on any atom is 0.129 e. The Hall–Kier alpha value is -1.01. The van der Waals surface area contributed by atoms with Crippen molar-refractivity contribution in [1.82, 2.24) is 10.3 Å². The molecule has 1 N–H and O–H groups in total. The Bertz CT molecular complexity index is 501. The molecule has 0 saturated carbocycles. The predicted octanol–water partition coefficient (Wildman–Crippen LogP) is 3.26. The normalized spacial score (nSPS) is 12.6. The van der Waals surface area contributed by atoms with Gasteiger partial charge in [0.1, 0.15) is 10.8 Å². The third-order valence-electron chi connectivity index (χ3n) is 2.64. The smallest absolute Gasteiger partial charge is 0.129 e. The molecule has 0 aliphatic heterocycles. The van der Waals surface area contributed by atoms with Gasteiger partial charge in [-0.15, -0.1) is 11.3 Å². The largest absolute Gasteiger partial charge is 0.383 e. The van der Waals surface area contributed by atoms with E-state index in [9.17, 15) is 4.39 Å². The van der Waals surface area contributed by atoms with E-state index < -0.39 is 0 Å². The summed E-state index contributed by atoms with van der Waals surface area (Å²) in [5.41, 5.74) is 0.426. The third kappa shape index (κ3) is 3.51. The monoisotopic (exact) mass is 300 g/mol. The van der Waals surface area contributed by atoms with Crippen LogP contribution in [0.15, 0.2) is 29.8 Å². The van der Waals surface area contributed by atoms with Gasteiger partial charge >= 0.3 is 0 Å². The van der Waals surface area contributed by atoms with E-state index in [0.29, 0.717) is 23.7 Å². The van der Waals surface area contributed by atoms with Gasteiger partial charge in [0, 0.05) is 35.8 Å². The van der Waals surface area contributed by atoms with Gasteiger partial charge in [-0.05, 0) is 12.1 Å². The summed E-state index contributed by atoms with van der Waals surface area (Å²) in [6.07, 6.45) is 1.69. The van der Waals surface area contributed by atoms with Crippen molar-refractivity contribution in [3.63, 3.8) is 0 Å². The van der Waals surface area contributed by atoms with Crippen LogP contribution in [-0.4, -0.2) is 25.2 Å². The lowest BCUT2D eigenvalue weighted by Gasteiger charge is -2.18. The number of rotatable bonds is 6. The maximum absolute atomic E-state index is 14.0. The number of methoxy groups -OCH3 is 1. The van der Waals surface area contributed by atoms with Crippen LogP contribution in [-0.2, 0) is 4.74 Å². The fourth-order valence-corrected chi connectivity index (χ4v) is 2.77. The molecule has 6 heteroatoms. The van der Waals surface area contributed by atoms with Crippen LogP contribution in [0.2, 0.25) is 5.02 Å². The lowest BCUT2D eigenvalue weighted by atomic mass is 10.1. The van der Waals surface area contributed by atoms with E-state index in [4.69, 9.17) is 16.3 Å². The quantitative estimate of drug-likeness (QED) is 0.832. The molecule has 1 unspecified atom stereocenters. The maximum atomic E-state index is 14.0. The number of halogens is 2. The second kappa shape index (κ2) is 6.96. The van der Waals surface area contributed by atoms with Crippen molar-refractivity contribution in [2.75, 3.05) is 20.3 Å². The summed E-state index contributed by atoms with van der Waals surface area (Å²) in [7, 11) is 1.62. The van der Waals surface area contributed by atoms with E-state index in [2.05, 4.69) is 10.3 Å². The molecule has 0 radical (unpaired) electrons. The Morgan fingerprint density at radius 1 is 1.53 bits per heavy atom. The average Bonchev–Trinajstić information content (AvgIpc) is 2.90. The zero-order valence-electron chi connectivity index (χ0n) is 10.4. The van der Waals surface area contributed by atoms with Gasteiger partial charge in [-0.25, -0.2) is 9.37 Å². The molecule has 3 nitrogen and oxygen atoms in total. The van der Waals surface area contributed by atoms with Crippen molar-refractivity contribution in [2.45, 2.75) is 6.04 Å². The fourth-order valence-electron chi connectivity index (χ4n) is 1.78. The lowest BCUT2D eigenvalue weighted by Crippen LogP contribution is -2.27. The number of ether oxygens (including phenoxy) is 1. The van der Waals surface area contributed by atoms with Gasteiger partial charge in [0.05, 0.1) is 12.6 Å². The van der Waals surface area contributed by atoms with Gasteiger partial charge in [0.15, 0.2) is 0 Å². The van der Waals surface area contributed by atoms with Crippen molar-refractivity contribution in [2.24, 2.45) is 0 Å². The zero-order valence-corrected chi connectivity index (χ0v) is 12.0. The van der Waals surface area contributed by atoms with Crippen molar-refractivity contribution >= 4 is 22.9 Å². The van der Waals surface area contributed by atoms with Gasteiger partial charge in [-0.3, -0.25) is 0 Å². The third-order valence-corrected chi connectivity index (χ3v) is 3.81. The lowest BCUT2D eigenvalue weighted by molar-refractivity contribution is 0.197. The molecule has 1 aromatic heterocycles. The number of hydrogen-bond donors (Lipinski definition) is 1. The van der Waals surface area contributed by atoms with E-state index in [1.165, 1.54) is 17.4 Å². The van der Waals surface area contributed by atoms with Crippen molar-refractivity contribution in [1.29, 1.82) is 0 Å². The highest BCUT2D eigenvalue weighted by Gasteiger charge is 2.22. The minimum atomic E-state index is -0.358. The van der Waals surface area contributed by atoms with Crippen molar-refractivity contribution in [3.05, 3.63) is 51.2 Å². The van der Waals surface area contributed by atoms with Crippen molar-refractivity contribution < 1.29 is 9.13 Å². The van der Waals surface area contributed by atoms with Gasteiger partial charge < -0.3 is 10.1 Å². The van der Waals surface area contributed by atoms with Crippen molar-refractivity contribution in [3.8, 4) is 0 Å². The zero-order chi connectivity index (χ0) is 13.7. The number of benzene rings is 1. The summed E-state index contributed by atoms with van der Waals surface area (Å²) < 4.78 is 19.0. The molecule has 2 rings (SSSR count). The minimum absolute atomic E-state index is 0.336. The molecule has 1 aromatic carbocycles. The summed E-state index contributed by atoms with van der Waals surface area (Å²) in [5.74, 6) is -0.336. The van der Waals surface area contributed by atoms with E-state index in [1.54, 1.807) is 25.4 Å². The molecule has 1 heterocycles. The van der Waals surface area contributed by atoms with Crippen LogP contribution in [0.5, 0.6) is 0 Å². The Labute approximate surface area is 120 Å². The van der Waals surface area contributed by atoms with Crippen LogP contribution in [0.4, 0.5) is 4.39 Å². The Balaban J connectivity index is 2.31. The molecule has 0 fully saturated rings. The van der Waals surface area contributed by atoms with Crippen LogP contribution < -0.4 is 5.32 Å². The SMILES string of the molecule is COCCNC(c1nccs1)c1c(F)cccc1Cl.